The molecule has 0 radical (unpaired) electrons. The number of carbonyl (C=O) groups excluding carboxylic acids is 1. The molecule has 0 saturated heterocycles. The van der Waals surface area contributed by atoms with Crippen molar-refractivity contribution in [2.75, 3.05) is 5.32 Å². The average molecular weight is 219 g/mol. The van der Waals surface area contributed by atoms with Gasteiger partial charge in [-0.2, -0.15) is 0 Å². The Balaban J connectivity index is 2.33. The van der Waals surface area contributed by atoms with E-state index in [2.05, 4.69) is 5.32 Å². The Bertz CT molecular complexity index is 506. The summed E-state index contributed by atoms with van der Waals surface area (Å²) in [6.45, 7) is 1.33. The second-order valence-electron chi connectivity index (χ2n) is 3.35. The maximum atomic E-state index is 13.5. The fourth-order valence-electron chi connectivity index (χ4n) is 1.40. The van der Waals surface area contributed by atoms with Crippen LogP contribution in [0.2, 0.25) is 0 Å². The smallest absolute Gasteiger partial charge is 0.221 e. The highest BCUT2D eigenvalue weighted by atomic mass is 19.1. The molecule has 1 heterocycles. The Morgan fingerprint density at radius 3 is 2.75 bits per heavy atom. The number of rotatable bonds is 2. The van der Waals surface area contributed by atoms with Crippen LogP contribution < -0.4 is 5.32 Å². The molecule has 1 aromatic carbocycles. The van der Waals surface area contributed by atoms with Gasteiger partial charge in [0.15, 0.2) is 0 Å². The SMILES string of the molecule is CC(=O)Nc1ccc(-c2ccco2)cc1F. The summed E-state index contributed by atoms with van der Waals surface area (Å²) >= 11 is 0. The summed E-state index contributed by atoms with van der Waals surface area (Å²) in [5.74, 6) is -0.193. The lowest BCUT2D eigenvalue weighted by Gasteiger charge is -2.04. The van der Waals surface area contributed by atoms with Gasteiger partial charge in [0, 0.05) is 12.5 Å². The molecule has 2 aromatic rings. The molecule has 1 N–H and O–H groups in total. The lowest BCUT2D eigenvalue weighted by molar-refractivity contribution is -0.114. The third-order valence-electron chi connectivity index (χ3n) is 2.09. The van der Waals surface area contributed by atoms with Crippen LogP contribution in [0.3, 0.4) is 0 Å². The summed E-state index contributed by atoms with van der Waals surface area (Å²) in [5.41, 5.74) is 0.805. The van der Waals surface area contributed by atoms with E-state index in [4.69, 9.17) is 4.42 Å². The molecule has 0 fully saturated rings. The van der Waals surface area contributed by atoms with Gasteiger partial charge in [-0.3, -0.25) is 4.79 Å². The van der Waals surface area contributed by atoms with Gasteiger partial charge in [-0.05, 0) is 30.3 Å². The molecular weight excluding hydrogens is 209 g/mol. The van der Waals surface area contributed by atoms with E-state index in [-0.39, 0.29) is 11.6 Å². The summed E-state index contributed by atoms with van der Waals surface area (Å²) < 4.78 is 18.7. The van der Waals surface area contributed by atoms with Crippen molar-refractivity contribution >= 4 is 11.6 Å². The number of carbonyl (C=O) groups is 1. The molecule has 0 saturated carbocycles. The maximum Gasteiger partial charge on any atom is 0.221 e. The highest BCUT2D eigenvalue weighted by Gasteiger charge is 2.07. The van der Waals surface area contributed by atoms with Crippen molar-refractivity contribution in [3.63, 3.8) is 0 Å². The van der Waals surface area contributed by atoms with Gasteiger partial charge < -0.3 is 9.73 Å². The Kier molecular flexibility index (Phi) is 2.72. The van der Waals surface area contributed by atoms with Crippen LogP contribution in [0, 0.1) is 5.82 Å². The van der Waals surface area contributed by atoms with E-state index in [0.717, 1.165) is 0 Å². The van der Waals surface area contributed by atoms with Crippen LogP contribution in [0.1, 0.15) is 6.92 Å². The van der Waals surface area contributed by atoms with Gasteiger partial charge in [0.1, 0.15) is 11.6 Å². The van der Waals surface area contributed by atoms with E-state index in [1.807, 2.05) is 0 Å². The molecule has 0 aliphatic carbocycles. The predicted octanol–water partition coefficient (Wildman–Crippen LogP) is 3.04. The van der Waals surface area contributed by atoms with E-state index >= 15 is 0 Å². The fraction of sp³-hybridized carbons (Fsp3) is 0.0833. The molecule has 0 aliphatic heterocycles. The molecule has 0 bridgehead atoms. The molecule has 3 nitrogen and oxygen atoms in total. The number of hydrogen-bond donors (Lipinski definition) is 1. The number of halogens is 1. The van der Waals surface area contributed by atoms with Crippen LogP contribution in [-0.2, 0) is 4.79 Å². The Morgan fingerprint density at radius 2 is 2.19 bits per heavy atom. The van der Waals surface area contributed by atoms with Crippen LogP contribution in [0.25, 0.3) is 11.3 Å². The molecule has 1 aromatic heterocycles. The van der Waals surface area contributed by atoms with Crippen molar-refractivity contribution < 1.29 is 13.6 Å². The number of benzene rings is 1. The van der Waals surface area contributed by atoms with Crippen molar-refractivity contribution in [2.45, 2.75) is 6.92 Å². The van der Waals surface area contributed by atoms with Crippen molar-refractivity contribution in [3.8, 4) is 11.3 Å². The van der Waals surface area contributed by atoms with Crippen molar-refractivity contribution in [2.24, 2.45) is 0 Å². The van der Waals surface area contributed by atoms with Crippen LogP contribution in [0.15, 0.2) is 41.0 Å². The van der Waals surface area contributed by atoms with E-state index < -0.39 is 5.82 Å². The summed E-state index contributed by atoms with van der Waals surface area (Å²) in [5, 5.41) is 2.40. The Hall–Kier alpha value is -2.10. The van der Waals surface area contributed by atoms with Gasteiger partial charge in [0.25, 0.3) is 0 Å². The van der Waals surface area contributed by atoms with Gasteiger partial charge >= 0.3 is 0 Å². The van der Waals surface area contributed by atoms with Crippen LogP contribution in [0.4, 0.5) is 10.1 Å². The van der Waals surface area contributed by atoms with Gasteiger partial charge in [0.05, 0.1) is 12.0 Å². The Labute approximate surface area is 91.9 Å². The normalized spacial score (nSPS) is 10.1. The summed E-state index contributed by atoms with van der Waals surface area (Å²) in [6.07, 6.45) is 1.52. The summed E-state index contributed by atoms with van der Waals surface area (Å²) in [6, 6.07) is 7.99. The fourth-order valence-corrected chi connectivity index (χ4v) is 1.40. The third kappa shape index (κ3) is 2.11. The first kappa shape index (κ1) is 10.4. The van der Waals surface area contributed by atoms with Gasteiger partial charge in [-0.15, -0.1) is 0 Å². The lowest BCUT2D eigenvalue weighted by Crippen LogP contribution is -2.07. The first-order valence-electron chi connectivity index (χ1n) is 4.78. The van der Waals surface area contributed by atoms with Gasteiger partial charge in [-0.25, -0.2) is 4.39 Å². The first-order valence-corrected chi connectivity index (χ1v) is 4.78. The largest absolute Gasteiger partial charge is 0.464 e. The van der Waals surface area contributed by atoms with E-state index in [9.17, 15) is 9.18 Å². The molecular formula is C12H10FNO2. The zero-order valence-corrected chi connectivity index (χ0v) is 8.66. The van der Waals surface area contributed by atoms with E-state index in [1.54, 1.807) is 18.2 Å². The van der Waals surface area contributed by atoms with Gasteiger partial charge in [-0.1, -0.05) is 0 Å². The third-order valence-corrected chi connectivity index (χ3v) is 2.09. The van der Waals surface area contributed by atoms with E-state index in [1.165, 1.54) is 25.3 Å². The molecule has 0 spiro atoms. The monoisotopic (exact) mass is 219 g/mol. The van der Waals surface area contributed by atoms with Crippen molar-refractivity contribution in [3.05, 3.63) is 42.4 Å². The minimum absolute atomic E-state index is 0.169. The quantitative estimate of drug-likeness (QED) is 0.843. The highest BCUT2D eigenvalue weighted by molar-refractivity contribution is 5.89. The summed E-state index contributed by atoms with van der Waals surface area (Å²) in [4.78, 5) is 10.8. The standard InChI is InChI=1S/C12H10FNO2/c1-8(15)14-11-5-4-9(7-10(11)13)12-3-2-6-16-12/h2-7H,1H3,(H,14,15). The van der Waals surface area contributed by atoms with Crippen LogP contribution in [-0.4, -0.2) is 5.91 Å². The van der Waals surface area contributed by atoms with Gasteiger partial charge in [0.2, 0.25) is 5.91 Å². The zero-order chi connectivity index (χ0) is 11.5. The molecule has 0 aliphatic rings. The molecule has 4 heteroatoms. The second kappa shape index (κ2) is 4.18. The molecule has 1 amide bonds. The van der Waals surface area contributed by atoms with Crippen LogP contribution in [0.5, 0.6) is 0 Å². The predicted molar refractivity (Wildman–Crippen MR) is 58.4 cm³/mol. The van der Waals surface area contributed by atoms with Crippen molar-refractivity contribution in [1.82, 2.24) is 0 Å². The molecule has 0 unspecified atom stereocenters. The molecule has 2 rings (SSSR count). The second-order valence-corrected chi connectivity index (χ2v) is 3.35. The number of anilines is 1. The minimum atomic E-state index is -0.482. The van der Waals surface area contributed by atoms with Crippen LogP contribution >= 0.6 is 0 Å². The molecule has 82 valence electrons. The Morgan fingerprint density at radius 1 is 1.38 bits per heavy atom. The summed E-state index contributed by atoms with van der Waals surface area (Å²) in [7, 11) is 0. The number of hydrogen-bond acceptors (Lipinski definition) is 2. The first-order chi connectivity index (χ1) is 7.66. The number of furan rings is 1. The minimum Gasteiger partial charge on any atom is -0.464 e. The topological polar surface area (TPSA) is 42.2 Å². The van der Waals surface area contributed by atoms with Crippen molar-refractivity contribution in [1.29, 1.82) is 0 Å². The highest BCUT2D eigenvalue weighted by Crippen LogP contribution is 2.24. The molecule has 0 atom stereocenters. The maximum absolute atomic E-state index is 13.5. The number of amides is 1. The average Bonchev–Trinajstić information content (AvgIpc) is 2.73. The zero-order valence-electron chi connectivity index (χ0n) is 8.66. The number of nitrogens with one attached hydrogen (secondary N) is 1. The molecule has 16 heavy (non-hydrogen) atoms. The lowest BCUT2D eigenvalue weighted by atomic mass is 10.1. The van der Waals surface area contributed by atoms with E-state index in [0.29, 0.717) is 11.3 Å².